The molecule has 0 unspecified atom stereocenters. The summed E-state index contributed by atoms with van der Waals surface area (Å²) >= 11 is 0. The average Bonchev–Trinajstić information content (AvgIpc) is 4.04. The van der Waals surface area contributed by atoms with Crippen molar-refractivity contribution >= 4 is 65.1 Å². The Morgan fingerprint density at radius 1 is 0.653 bits per heavy atom. The second-order valence-corrected chi connectivity index (χ2v) is 19.2. The standard InChI is InChI=1S/C50H76N16O9/c1-29(2)24-36(63-46(73)38(26-31-14-7-4-8-15-31)64-43(70)33-19-20-41(68)61-33)44(71)65-37(25-30-12-5-3-6-13-30)45(72)62-34(17-10-22-58-50(55)56)48(75)66-23-11-18-39(66)47(74)60-32(16-9-21-57-49(53)54)28-59-35(42(52)69)27-40(51)67/h3-8,12-15,29,32-39,59H,9-11,16-28H2,1-2H3,(H2,51,67)(H2,52,69)(H,60,74)(H,61,68)(H,62,72)(H,63,73)(H,64,70)(H,65,71)(H4,53,54,57)(H4,55,56,58)/t32-,33-,34-,35-,36-,37-,38-,39-/m0/s1. The number of aliphatic imine (C=N–C) groups is 2. The number of hydrogen-bond acceptors (Lipinski definition) is 12. The molecule has 0 bridgehead atoms. The number of benzene rings is 2. The van der Waals surface area contributed by atoms with Gasteiger partial charge in [0.2, 0.25) is 53.2 Å². The monoisotopic (exact) mass is 1040 g/mol. The van der Waals surface area contributed by atoms with E-state index in [2.05, 4.69) is 47.2 Å². The van der Waals surface area contributed by atoms with E-state index < -0.39 is 95.6 Å². The third-order valence-electron chi connectivity index (χ3n) is 12.6. The molecule has 2 heterocycles. The lowest BCUT2D eigenvalue weighted by atomic mass is 9.99. The van der Waals surface area contributed by atoms with Crippen LogP contribution in [0.15, 0.2) is 70.6 Å². The lowest BCUT2D eigenvalue weighted by Gasteiger charge is -2.31. The number of guanidine groups is 2. The van der Waals surface area contributed by atoms with E-state index in [0.717, 1.165) is 5.56 Å². The van der Waals surface area contributed by atoms with E-state index in [9.17, 15) is 43.2 Å². The molecule has 0 radical (unpaired) electrons. The Balaban J connectivity index is 1.59. The topological polar surface area (TPSA) is 422 Å². The van der Waals surface area contributed by atoms with Crippen LogP contribution in [0.2, 0.25) is 0 Å². The fraction of sp³-hybridized carbons (Fsp3) is 0.540. The van der Waals surface area contributed by atoms with Gasteiger partial charge in [-0.15, -0.1) is 0 Å². The van der Waals surface area contributed by atoms with Crippen molar-refractivity contribution in [1.82, 2.24) is 42.1 Å². The first-order chi connectivity index (χ1) is 35.7. The number of likely N-dealkylation sites (tertiary alicyclic amines) is 1. The fourth-order valence-electron chi connectivity index (χ4n) is 8.81. The number of amides is 9. The predicted octanol–water partition coefficient (Wildman–Crippen LogP) is -3.36. The van der Waals surface area contributed by atoms with Gasteiger partial charge in [-0.1, -0.05) is 74.5 Å². The zero-order valence-electron chi connectivity index (χ0n) is 42.8. The van der Waals surface area contributed by atoms with Crippen LogP contribution in [-0.4, -0.2) is 144 Å². The first-order valence-corrected chi connectivity index (χ1v) is 25.3. The van der Waals surface area contributed by atoms with Crippen LogP contribution in [0.4, 0.5) is 0 Å². The lowest BCUT2D eigenvalue weighted by molar-refractivity contribution is -0.142. The van der Waals surface area contributed by atoms with Gasteiger partial charge in [0, 0.05) is 51.5 Å². The highest BCUT2D eigenvalue weighted by molar-refractivity contribution is 5.98. The van der Waals surface area contributed by atoms with Crippen LogP contribution >= 0.6 is 0 Å². The van der Waals surface area contributed by atoms with Crippen LogP contribution in [-0.2, 0) is 56.0 Å². The molecule has 9 amide bonds. The number of primary amides is 2. The summed E-state index contributed by atoms with van der Waals surface area (Å²) < 4.78 is 0. The number of carbonyl (C=O) groups is 9. The number of hydrogen-bond donors (Lipinski definition) is 13. The third-order valence-corrected chi connectivity index (χ3v) is 12.6. The highest BCUT2D eigenvalue weighted by Gasteiger charge is 2.40. The normalized spacial score (nSPS) is 17.4. The molecule has 0 saturated carbocycles. The van der Waals surface area contributed by atoms with Crippen LogP contribution in [0.1, 0.15) is 89.2 Å². The molecule has 25 heteroatoms. The molecule has 2 aliphatic heterocycles. The quantitative estimate of drug-likeness (QED) is 0.0199. The minimum Gasteiger partial charge on any atom is -0.370 e. The van der Waals surface area contributed by atoms with Crippen LogP contribution in [0, 0.1) is 5.92 Å². The maximum Gasteiger partial charge on any atom is 0.245 e. The smallest absolute Gasteiger partial charge is 0.245 e. The van der Waals surface area contributed by atoms with Crippen molar-refractivity contribution in [3.8, 4) is 0 Å². The molecule has 2 aromatic carbocycles. The van der Waals surface area contributed by atoms with Gasteiger partial charge in [-0.25, -0.2) is 0 Å². The van der Waals surface area contributed by atoms with Gasteiger partial charge < -0.3 is 76.5 Å². The zero-order valence-corrected chi connectivity index (χ0v) is 42.8. The highest BCUT2D eigenvalue weighted by Crippen LogP contribution is 2.21. The van der Waals surface area contributed by atoms with Crippen molar-refractivity contribution in [2.24, 2.45) is 50.3 Å². The number of carbonyl (C=O) groups excluding carboxylic acids is 9. The maximum atomic E-state index is 14.7. The Morgan fingerprint density at radius 2 is 1.19 bits per heavy atom. The molecule has 0 aliphatic carbocycles. The molecule has 2 aliphatic rings. The maximum absolute atomic E-state index is 14.7. The van der Waals surface area contributed by atoms with Crippen LogP contribution in [0.25, 0.3) is 0 Å². The van der Waals surface area contributed by atoms with Crippen molar-refractivity contribution in [3.05, 3.63) is 71.8 Å². The van der Waals surface area contributed by atoms with Crippen molar-refractivity contribution in [2.45, 2.75) is 139 Å². The number of nitrogens with two attached hydrogens (primary N) is 6. The molecule has 0 aromatic heterocycles. The summed E-state index contributed by atoms with van der Waals surface area (Å²) in [6, 6.07) is 9.37. The summed E-state index contributed by atoms with van der Waals surface area (Å²) in [5.74, 6) is -6.06. The van der Waals surface area contributed by atoms with Crippen LogP contribution < -0.4 is 71.6 Å². The Hall–Kier alpha value is -7.83. The van der Waals surface area contributed by atoms with E-state index in [-0.39, 0.29) is 108 Å². The largest absolute Gasteiger partial charge is 0.370 e. The van der Waals surface area contributed by atoms with Gasteiger partial charge >= 0.3 is 0 Å². The van der Waals surface area contributed by atoms with Gasteiger partial charge in [0.05, 0.1) is 12.5 Å². The second kappa shape index (κ2) is 30.4. The summed E-state index contributed by atoms with van der Waals surface area (Å²) in [5, 5.41) is 19.7. The van der Waals surface area contributed by atoms with E-state index in [1.165, 1.54) is 4.90 Å². The molecule has 4 rings (SSSR count). The fourth-order valence-corrected chi connectivity index (χ4v) is 8.81. The Kier molecular flexibility index (Phi) is 24.2. The van der Waals surface area contributed by atoms with E-state index in [4.69, 9.17) is 34.4 Å². The van der Waals surface area contributed by atoms with Crippen molar-refractivity contribution < 1.29 is 43.2 Å². The molecule has 19 N–H and O–H groups in total. The van der Waals surface area contributed by atoms with Gasteiger partial charge in [-0.05, 0) is 68.4 Å². The van der Waals surface area contributed by atoms with Gasteiger partial charge in [0.25, 0.3) is 0 Å². The van der Waals surface area contributed by atoms with Gasteiger partial charge in [-0.3, -0.25) is 53.1 Å². The predicted molar refractivity (Wildman–Crippen MR) is 280 cm³/mol. The third kappa shape index (κ3) is 20.9. The molecular weight excluding hydrogens is 969 g/mol. The van der Waals surface area contributed by atoms with Crippen LogP contribution in [0.3, 0.4) is 0 Å². The Bertz CT molecular complexity index is 2330. The molecule has 2 aromatic rings. The van der Waals surface area contributed by atoms with Crippen LogP contribution in [0.5, 0.6) is 0 Å². The van der Waals surface area contributed by atoms with Crippen molar-refractivity contribution in [3.63, 3.8) is 0 Å². The minimum atomic E-state index is -1.30. The zero-order chi connectivity index (χ0) is 55.0. The van der Waals surface area contributed by atoms with E-state index in [0.29, 0.717) is 24.8 Å². The number of rotatable bonds is 31. The SMILES string of the molecule is CC(C)C[C@H](NC(=O)[C@H](Cc1ccccc1)NC(=O)[C@@H]1CCC(=O)N1)C(=O)N[C@@H](Cc1ccccc1)C(=O)N[C@@H](CCCN=C(N)N)C(=O)N1CCC[C@H]1C(=O)N[C@@H](CCCN=C(N)N)CN[C@@H](CC(N)=O)C(N)=O. The molecule has 25 nitrogen and oxygen atoms in total. The van der Waals surface area contributed by atoms with Gasteiger partial charge in [0.1, 0.15) is 36.3 Å². The molecule has 2 saturated heterocycles. The molecule has 0 spiro atoms. The molecule has 8 atom stereocenters. The summed E-state index contributed by atoms with van der Waals surface area (Å²) in [6.07, 6.45) is 1.90. The highest BCUT2D eigenvalue weighted by atomic mass is 16.2. The first kappa shape index (κ1) is 59.7. The van der Waals surface area contributed by atoms with Crippen molar-refractivity contribution in [1.29, 1.82) is 0 Å². The Morgan fingerprint density at radius 3 is 1.71 bits per heavy atom. The second-order valence-electron chi connectivity index (χ2n) is 19.2. The summed E-state index contributed by atoms with van der Waals surface area (Å²) in [4.78, 5) is 131. The lowest BCUT2D eigenvalue weighted by Crippen LogP contribution is -2.60. The molecule has 410 valence electrons. The minimum absolute atomic E-state index is 0.0129. The number of nitrogens with zero attached hydrogens (tertiary/aromatic N) is 3. The summed E-state index contributed by atoms with van der Waals surface area (Å²) in [5.41, 5.74) is 34.4. The van der Waals surface area contributed by atoms with E-state index in [1.807, 2.05) is 19.9 Å². The van der Waals surface area contributed by atoms with Gasteiger partial charge in [0.15, 0.2) is 11.9 Å². The average molecular weight is 1050 g/mol. The molecule has 75 heavy (non-hydrogen) atoms. The first-order valence-electron chi connectivity index (χ1n) is 25.3. The summed E-state index contributed by atoms with van der Waals surface area (Å²) in [7, 11) is 0. The van der Waals surface area contributed by atoms with E-state index >= 15 is 0 Å². The van der Waals surface area contributed by atoms with Gasteiger partial charge in [-0.2, -0.15) is 0 Å². The van der Waals surface area contributed by atoms with E-state index in [1.54, 1.807) is 54.6 Å². The Labute approximate surface area is 436 Å². The molecule has 2 fully saturated rings. The van der Waals surface area contributed by atoms with Crippen molar-refractivity contribution in [2.75, 3.05) is 26.2 Å². The number of nitrogens with one attached hydrogen (secondary N) is 7. The summed E-state index contributed by atoms with van der Waals surface area (Å²) in [6.45, 7) is 4.19. The molecular formula is C50H76N16O9.